The van der Waals surface area contributed by atoms with E-state index >= 15 is 0 Å². The topological polar surface area (TPSA) is 132 Å². The molecule has 9 heteroatoms. The highest BCUT2D eigenvalue weighted by Crippen LogP contribution is 2.11. The van der Waals surface area contributed by atoms with Crippen LogP contribution in [0.15, 0.2) is 4.99 Å². The minimum absolute atomic E-state index is 0.0230. The summed E-state index contributed by atoms with van der Waals surface area (Å²) in [6.07, 6.45) is -4.11. The van der Waals surface area contributed by atoms with Crippen molar-refractivity contribution in [2.24, 2.45) is 10.7 Å². The highest BCUT2D eigenvalue weighted by Gasteiger charge is 2.31. The second-order valence-electron chi connectivity index (χ2n) is 6.05. The Morgan fingerprint density at radius 2 is 1.43 bits per heavy atom. The second-order valence-corrected chi connectivity index (χ2v) is 6.05. The lowest BCUT2D eigenvalue weighted by Crippen LogP contribution is -2.48. The van der Waals surface area contributed by atoms with Gasteiger partial charge in [0.15, 0.2) is 0 Å². The van der Waals surface area contributed by atoms with Crippen LogP contribution >= 0.6 is 0 Å². The summed E-state index contributed by atoms with van der Waals surface area (Å²) < 4.78 is 9.70. The third-order valence-electron chi connectivity index (χ3n) is 1.60. The Balaban J connectivity index is 5.17. The molecule has 0 saturated heterocycles. The van der Waals surface area contributed by atoms with Crippen molar-refractivity contribution in [1.29, 1.82) is 0 Å². The van der Waals surface area contributed by atoms with Crippen LogP contribution in [0.2, 0.25) is 0 Å². The average Bonchev–Trinajstić information content (AvgIpc) is 2.08. The van der Waals surface area contributed by atoms with E-state index in [9.17, 15) is 14.4 Å². The SMILES string of the molecule is CC(C)(C)OC(=O)N=C(N)N(C(=O)O)C(=O)OC(C)(C)C. The van der Waals surface area contributed by atoms with Gasteiger partial charge in [-0.05, 0) is 41.5 Å². The standard InChI is InChI=1S/C12H21N3O6/c1-11(2,3)20-8(16)14-7(13)15(9(17)18)10(19)21-12(4,5)6/h1-6H3,(H,17,18)(H2,13,14,16). The number of hydrogen-bond acceptors (Lipinski definition) is 5. The monoisotopic (exact) mass is 303 g/mol. The average molecular weight is 303 g/mol. The van der Waals surface area contributed by atoms with Gasteiger partial charge in [-0.2, -0.15) is 0 Å². The van der Waals surface area contributed by atoms with Gasteiger partial charge in [-0.25, -0.2) is 14.4 Å². The lowest BCUT2D eigenvalue weighted by atomic mass is 10.2. The lowest BCUT2D eigenvalue weighted by Gasteiger charge is -2.23. The lowest BCUT2D eigenvalue weighted by molar-refractivity contribution is 0.0377. The van der Waals surface area contributed by atoms with Crippen LogP contribution in [0.25, 0.3) is 0 Å². The smallest absolute Gasteiger partial charge is 0.437 e. The van der Waals surface area contributed by atoms with E-state index in [2.05, 4.69) is 4.99 Å². The van der Waals surface area contributed by atoms with E-state index < -0.39 is 35.4 Å². The van der Waals surface area contributed by atoms with E-state index in [-0.39, 0.29) is 4.90 Å². The van der Waals surface area contributed by atoms with Crippen molar-refractivity contribution in [2.45, 2.75) is 52.7 Å². The molecule has 120 valence electrons. The van der Waals surface area contributed by atoms with Crippen molar-refractivity contribution in [3.63, 3.8) is 0 Å². The first-order valence-corrected chi connectivity index (χ1v) is 6.06. The highest BCUT2D eigenvalue weighted by molar-refractivity contribution is 6.08. The Kier molecular flexibility index (Phi) is 5.71. The largest absolute Gasteiger partial charge is 0.464 e. The maximum atomic E-state index is 11.7. The Morgan fingerprint density at radius 1 is 1.00 bits per heavy atom. The molecule has 0 fully saturated rings. The number of nitrogens with zero attached hydrogens (tertiary/aromatic N) is 2. The molecule has 21 heavy (non-hydrogen) atoms. The summed E-state index contributed by atoms with van der Waals surface area (Å²) in [5, 5.41) is 8.97. The van der Waals surface area contributed by atoms with E-state index in [0.29, 0.717) is 0 Å². The van der Waals surface area contributed by atoms with Crippen LogP contribution in [-0.2, 0) is 9.47 Å². The molecule has 0 heterocycles. The van der Waals surface area contributed by atoms with Gasteiger partial charge in [-0.1, -0.05) is 0 Å². The molecule has 0 aromatic heterocycles. The summed E-state index contributed by atoms with van der Waals surface area (Å²) >= 11 is 0. The number of nitrogens with two attached hydrogens (primary N) is 1. The van der Waals surface area contributed by atoms with Crippen LogP contribution in [0.1, 0.15) is 41.5 Å². The minimum Gasteiger partial charge on any atom is -0.464 e. The molecule has 3 N–H and O–H groups in total. The summed E-state index contributed by atoms with van der Waals surface area (Å²) in [5.41, 5.74) is 3.59. The fourth-order valence-electron chi connectivity index (χ4n) is 1.01. The van der Waals surface area contributed by atoms with Crippen molar-refractivity contribution in [3.8, 4) is 0 Å². The molecule has 0 aromatic carbocycles. The van der Waals surface area contributed by atoms with Gasteiger partial charge in [0.2, 0.25) is 5.96 Å². The molecular formula is C12H21N3O6. The van der Waals surface area contributed by atoms with Gasteiger partial charge in [0.1, 0.15) is 11.2 Å². The molecular weight excluding hydrogens is 282 g/mol. The zero-order valence-electron chi connectivity index (χ0n) is 13.0. The fraction of sp³-hybridized carbons (Fsp3) is 0.667. The van der Waals surface area contributed by atoms with Crippen LogP contribution < -0.4 is 5.73 Å². The number of amides is 3. The number of carbonyl (C=O) groups is 3. The number of rotatable bonds is 0. The van der Waals surface area contributed by atoms with Crippen LogP contribution in [0.5, 0.6) is 0 Å². The second kappa shape index (κ2) is 6.42. The number of imide groups is 1. The predicted octanol–water partition coefficient (Wildman–Crippen LogP) is 2.15. The number of carbonyl (C=O) groups excluding carboxylic acids is 2. The molecule has 0 aromatic rings. The number of carboxylic acid groups (broad SMARTS) is 1. The van der Waals surface area contributed by atoms with Crippen LogP contribution in [0.4, 0.5) is 14.4 Å². The molecule has 0 rings (SSSR count). The molecule has 0 aliphatic heterocycles. The van der Waals surface area contributed by atoms with E-state index in [0.717, 1.165) is 0 Å². The first-order chi connectivity index (χ1) is 9.23. The maximum absolute atomic E-state index is 11.7. The number of guanidine groups is 1. The van der Waals surface area contributed by atoms with Gasteiger partial charge in [0, 0.05) is 0 Å². The predicted molar refractivity (Wildman–Crippen MR) is 74.0 cm³/mol. The summed E-state index contributed by atoms with van der Waals surface area (Å²) in [6, 6.07) is 0. The van der Waals surface area contributed by atoms with Crippen molar-refractivity contribution < 1.29 is 29.0 Å². The molecule has 9 nitrogen and oxygen atoms in total. The zero-order chi connectivity index (χ0) is 17.0. The molecule has 0 unspecified atom stereocenters. The zero-order valence-corrected chi connectivity index (χ0v) is 13.0. The first kappa shape index (κ1) is 18.7. The Labute approximate surface area is 122 Å². The van der Waals surface area contributed by atoms with E-state index in [4.69, 9.17) is 20.3 Å². The van der Waals surface area contributed by atoms with Gasteiger partial charge in [0.25, 0.3) is 0 Å². The Bertz CT molecular complexity index is 459. The van der Waals surface area contributed by atoms with Crippen molar-refractivity contribution in [2.75, 3.05) is 0 Å². The molecule has 0 spiro atoms. The third kappa shape index (κ3) is 7.75. The van der Waals surface area contributed by atoms with E-state index in [1.54, 1.807) is 41.5 Å². The Morgan fingerprint density at radius 3 is 1.76 bits per heavy atom. The molecule has 0 radical (unpaired) electrons. The van der Waals surface area contributed by atoms with Gasteiger partial charge >= 0.3 is 18.3 Å². The number of aliphatic imine (C=N–C) groups is 1. The fourth-order valence-corrected chi connectivity index (χ4v) is 1.01. The van der Waals surface area contributed by atoms with Gasteiger partial charge < -0.3 is 20.3 Å². The molecule has 0 saturated carbocycles. The quantitative estimate of drug-likeness (QED) is 0.517. The maximum Gasteiger partial charge on any atom is 0.437 e. The molecule has 0 atom stereocenters. The van der Waals surface area contributed by atoms with Gasteiger partial charge in [-0.3, -0.25) is 0 Å². The van der Waals surface area contributed by atoms with Crippen molar-refractivity contribution >= 4 is 24.2 Å². The third-order valence-corrected chi connectivity index (χ3v) is 1.60. The molecule has 3 amide bonds. The highest BCUT2D eigenvalue weighted by atomic mass is 16.6. The molecule has 0 bridgehead atoms. The van der Waals surface area contributed by atoms with Crippen molar-refractivity contribution in [3.05, 3.63) is 0 Å². The number of ether oxygens (including phenoxy) is 2. The van der Waals surface area contributed by atoms with E-state index in [1.165, 1.54) is 0 Å². The van der Waals surface area contributed by atoms with Crippen LogP contribution in [0.3, 0.4) is 0 Å². The first-order valence-electron chi connectivity index (χ1n) is 6.06. The molecule has 0 aliphatic carbocycles. The van der Waals surface area contributed by atoms with E-state index in [1.807, 2.05) is 0 Å². The summed E-state index contributed by atoms with van der Waals surface area (Å²) in [4.78, 5) is 37.4. The van der Waals surface area contributed by atoms with Gasteiger partial charge in [0.05, 0.1) is 0 Å². The normalized spacial score (nSPS) is 12.6. The number of hydrogen-bond donors (Lipinski definition) is 2. The molecule has 0 aliphatic rings. The Hall–Kier alpha value is -2.32. The van der Waals surface area contributed by atoms with Crippen LogP contribution in [-0.4, -0.2) is 45.4 Å². The van der Waals surface area contributed by atoms with Crippen LogP contribution in [0, 0.1) is 0 Å². The van der Waals surface area contributed by atoms with Gasteiger partial charge in [-0.15, -0.1) is 9.89 Å². The summed E-state index contributed by atoms with van der Waals surface area (Å²) in [7, 11) is 0. The van der Waals surface area contributed by atoms with Crippen molar-refractivity contribution in [1.82, 2.24) is 4.90 Å². The summed E-state index contributed by atoms with van der Waals surface area (Å²) in [5.74, 6) is -0.856. The minimum atomic E-state index is -1.73. The summed E-state index contributed by atoms with van der Waals surface area (Å²) in [6.45, 7) is 9.43.